The maximum atomic E-state index is 4.59. The molecular weight excluding hydrogens is 248 g/mol. The molecule has 0 bridgehead atoms. The predicted octanol–water partition coefficient (Wildman–Crippen LogP) is 3.10. The van der Waals surface area contributed by atoms with Crippen LogP contribution in [0.4, 0.5) is 11.6 Å². The molecule has 0 aromatic carbocycles. The Labute approximate surface area is 122 Å². The number of hydrogen-bond donors (Lipinski definition) is 1. The zero-order valence-corrected chi connectivity index (χ0v) is 12.7. The molecule has 0 radical (unpaired) electrons. The van der Waals surface area contributed by atoms with Gasteiger partial charge >= 0.3 is 0 Å². The van der Waals surface area contributed by atoms with Crippen LogP contribution in [0.25, 0.3) is 0 Å². The summed E-state index contributed by atoms with van der Waals surface area (Å²) >= 11 is 0. The van der Waals surface area contributed by atoms with Crippen LogP contribution >= 0.6 is 0 Å². The van der Waals surface area contributed by atoms with E-state index in [1.807, 2.05) is 7.05 Å². The normalized spacial score (nSPS) is 26.2. The molecule has 1 N–H and O–H groups in total. The van der Waals surface area contributed by atoms with Crippen LogP contribution in [0.2, 0.25) is 0 Å². The van der Waals surface area contributed by atoms with Crippen molar-refractivity contribution in [2.75, 3.05) is 30.4 Å². The van der Waals surface area contributed by atoms with Crippen molar-refractivity contribution in [2.45, 2.75) is 45.4 Å². The van der Waals surface area contributed by atoms with Crippen LogP contribution in [0.15, 0.2) is 6.33 Å². The SMILES string of the molecule is CCc1c(NC)ncnc1N1CCC2CCCCC2C1. The molecule has 2 aliphatic rings. The van der Waals surface area contributed by atoms with Gasteiger partial charge in [-0.15, -0.1) is 0 Å². The van der Waals surface area contributed by atoms with Crippen molar-refractivity contribution in [3.63, 3.8) is 0 Å². The Balaban J connectivity index is 1.82. The van der Waals surface area contributed by atoms with E-state index < -0.39 is 0 Å². The summed E-state index contributed by atoms with van der Waals surface area (Å²) in [6, 6.07) is 0. The number of rotatable bonds is 3. The molecule has 1 aliphatic carbocycles. The van der Waals surface area contributed by atoms with E-state index in [1.54, 1.807) is 6.33 Å². The van der Waals surface area contributed by atoms with Gasteiger partial charge in [0.25, 0.3) is 0 Å². The number of nitrogens with one attached hydrogen (secondary N) is 1. The fourth-order valence-corrected chi connectivity index (χ4v) is 4.01. The third-order valence-corrected chi connectivity index (χ3v) is 5.10. The maximum absolute atomic E-state index is 4.59. The van der Waals surface area contributed by atoms with E-state index in [2.05, 4.69) is 27.1 Å². The molecule has 4 heteroatoms. The average molecular weight is 274 g/mol. The lowest BCUT2D eigenvalue weighted by atomic mass is 9.75. The highest BCUT2D eigenvalue weighted by Crippen LogP contribution is 2.38. The lowest BCUT2D eigenvalue weighted by Gasteiger charge is -2.42. The summed E-state index contributed by atoms with van der Waals surface area (Å²) in [5.74, 6) is 4.00. The van der Waals surface area contributed by atoms with Crippen LogP contribution in [-0.2, 0) is 6.42 Å². The molecule has 1 aliphatic heterocycles. The van der Waals surface area contributed by atoms with E-state index in [1.165, 1.54) is 44.2 Å². The zero-order chi connectivity index (χ0) is 13.9. The van der Waals surface area contributed by atoms with E-state index in [4.69, 9.17) is 0 Å². The van der Waals surface area contributed by atoms with Gasteiger partial charge in [0.1, 0.15) is 18.0 Å². The van der Waals surface area contributed by atoms with Gasteiger partial charge in [-0.25, -0.2) is 9.97 Å². The molecular formula is C16H26N4. The minimum absolute atomic E-state index is 0.884. The Kier molecular flexibility index (Phi) is 4.08. The van der Waals surface area contributed by atoms with E-state index in [-0.39, 0.29) is 0 Å². The summed E-state index contributed by atoms with van der Waals surface area (Å²) in [6.45, 7) is 4.54. The molecule has 4 nitrogen and oxygen atoms in total. The Hall–Kier alpha value is -1.32. The Morgan fingerprint density at radius 1 is 1.20 bits per heavy atom. The largest absolute Gasteiger partial charge is 0.373 e. The first-order chi connectivity index (χ1) is 9.83. The van der Waals surface area contributed by atoms with Gasteiger partial charge < -0.3 is 10.2 Å². The highest BCUT2D eigenvalue weighted by atomic mass is 15.2. The third-order valence-electron chi connectivity index (χ3n) is 5.10. The van der Waals surface area contributed by atoms with Gasteiger partial charge in [0.05, 0.1) is 0 Å². The van der Waals surface area contributed by atoms with E-state index in [0.29, 0.717) is 0 Å². The van der Waals surface area contributed by atoms with Gasteiger partial charge in [0.2, 0.25) is 0 Å². The van der Waals surface area contributed by atoms with Gasteiger partial charge in [-0.1, -0.05) is 26.2 Å². The van der Waals surface area contributed by atoms with Crippen molar-refractivity contribution in [3.8, 4) is 0 Å². The van der Waals surface area contributed by atoms with Crippen LogP contribution < -0.4 is 10.2 Å². The first kappa shape index (κ1) is 13.7. The van der Waals surface area contributed by atoms with E-state index in [9.17, 15) is 0 Å². The van der Waals surface area contributed by atoms with Gasteiger partial charge in [0.15, 0.2) is 0 Å². The van der Waals surface area contributed by atoms with E-state index in [0.717, 1.165) is 36.4 Å². The number of anilines is 2. The molecule has 1 saturated heterocycles. The lowest BCUT2D eigenvalue weighted by molar-refractivity contribution is 0.202. The summed E-state index contributed by atoms with van der Waals surface area (Å²) in [5, 5.41) is 3.20. The molecule has 2 fully saturated rings. The predicted molar refractivity (Wildman–Crippen MR) is 83.2 cm³/mol. The minimum Gasteiger partial charge on any atom is -0.373 e. The number of piperidine rings is 1. The molecule has 1 aromatic heterocycles. The fourth-order valence-electron chi connectivity index (χ4n) is 4.01. The third kappa shape index (κ3) is 2.48. The molecule has 3 rings (SSSR count). The van der Waals surface area contributed by atoms with Gasteiger partial charge in [-0.2, -0.15) is 0 Å². The summed E-state index contributed by atoms with van der Waals surface area (Å²) in [5.41, 5.74) is 1.27. The van der Waals surface area contributed by atoms with Crippen molar-refractivity contribution in [2.24, 2.45) is 11.8 Å². The summed E-state index contributed by atoms with van der Waals surface area (Å²) < 4.78 is 0. The second-order valence-electron chi connectivity index (χ2n) is 6.17. The number of nitrogens with zero attached hydrogens (tertiary/aromatic N) is 3. The molecule has 20 heavy (non-hydrogen) atoms. The zero-order valence-electron chi connectivity index (χ0n) is 12.7. The topological polar surface area (TPSA) is 41.1 Å². The van der Waals surface area contributed by atoms with Crippen LogP contribution in [0.3, 0.4) is 0 Å². The van der Waals surface area contributed by atoms with Crippen LogP contribution in [0, 0.1) is 11.8 Å². The highest BCUT2D eigenvalue weighted by Gasteiger charge is 2.32. The molecule has 2 heterocycles. The van der Waals surface area contributed by atoms with Crippen LogP contribution in [0.1, 0.15) is 44.6 Å². The standard InChI is InChI=1S/C16H26N4/c1-3-14-15(17-2)18-11-19-16(14)20-9-8-12-6-4-5-7-13(12)10-20/h11-13H,3-10H2,1-2H3,(H,17,18,19). The van der Waals surface area contributed by atoms with Gasteiger partial charge in [0, 0.05) is 25.7 Å². The summed E-state index contributed by atoms with van der Waals surface area (Å²) in [7, 11) is 1.94. The second kappa shape index (κ2) is 5.98. The van der Waals surface area contributed by atoms with E-state index >= 15 is 0 Å². The molecule has 1 saturated carbocycles. The van der Waals surface area contributed by atoms with Crippen molar-refractivity contribution < 1.29 is 0 Å². The van der Waals surface area contributed by atoms with Crippen molar-refractivity contribution in [1.29, 1.82) is 0 Å². The fraction of sp³-hybridized carbons (Fsp3) is 0.750. The number of fused-ring (bicyclic) bond motifs is 1. The molecule has 2 unspecified atom stereocenters. The maximum Gasteiger partial charge on any atom is 0.137 e. The Bertz CT molecular complexity index is 460. The van der Waals surface area contributed by atoms with Crippen molar-refractivity contribution in [3.05, 3.63) is 11.9 Å². The van der Waals surface area contributed by atoms with Gasteiger partial charge in [-0.05, 0) is 31.1 Å². The first-order valence-corrected chi connectivity index (χ1v) is 8.10. The molecule has 2 atom stereocenters. The Morgan fingerprint density at radius 3 is 2.75 bits per heavy atom. The average Bonchev–Trinajstić information content (AvgIpc) is 2.53. The minimum atomic E-state index is 0.884. The van der Waals surface area contributed by atoms with Gasteiger partial charge in [-0.3, -0.25) is 0 Å². The number of hydrogen-bond acceptors (Lipinski definition) is 4. The van der Waals surface area contributed by atoms with Crippen LogP contribution in [0.5, 0.6) is 0 Å². The molecule has 110 valence electrons. The molecule has 0 spiro atoms. The number of aromatic nitrogens is 2. The summed E-state index contributed by atoms with van der Waals surface area (Å²) in [4.78, 5) is 11.5. The first-order valence-electron chi connectivity index (χ1n) is 8.10. The smallest absolute Gasteiger partial charge is 0.137 e. The molecule has 1 aromatic rings. The quantitative estimate of drug-likeness (QED) is 0.919. The van der Waals surface area contributed by atoms with Crippen LogP contribution in [-0.4, -0.2) is 30.1 Å². The van der Waals surface area contributed by atoms with Crippen molar-refractivity contribution in [1.82, 2.24) is 9.97 Å². The second-order valence-corrected chi connectivity index (χ2v) is 6.17. The highest BCUT2D eigenvalue weighted by molar-refractivity contribution is 5.58. The summed E-state index contributed by atoms with van der Waals surface area (Å²) in [6.07, 6.45) is 9.74. The monoisotopic (exact) mass is 274 g/mol. The van der Waals surface area contributed by atoms with Crippen molar-refractivity contribution >= 4 is 11.6 Å². The Morgan fingerprint density at radius 2 is 2.00 bits per heavy atom. The lowest BCUT2D eigenvalue weighted by Crippen LogP contribution is -2.42. The molecule has 0 amide bonds.